The summed E-state index contributed by atoms with van der Waals surface area (Å²) in [7, 11) is 0. The van der Waals surface area contributed by atoms with Crippen LogP contribution in [0.3, 0.4) is 0 Å². The highest BCUT2D eigenvalue weighted by Crippen LogP contribution is 2.35. The molecule has 0 aliphatic carbocycles. The van der Waals surface area contributed by atoms with Gasteiger partial charge in [-0.05, 0) is 58.1 Å². The molecular formula is C21H32O4. The van der Waals surface area contributed by atoms with E-state index in [0.29, 0.717) is 19.3 Å². The first-order chi connectivity index (χ1) is 12.0. The molecule has 4 nitrogen and oxygen atoms in total. The molecule has 140 valence electrons. The number of hydrogen-bond donors (Lipinski definition) is 0. The van der Waals surface area contributed by atoms with E-state index >= 15 is 0 Å². The molecule has 1 heterocycles. The van der Waals surface area contributed by atoms with Crippen LogP contribution in [0.15, 0.2) is 30.4 Å². The smallest absolute Gasteiger partial charge is 0.231 e. The maximum absolute atomic E-state index is 5.76. The van der Waals surface area contributed by atoms with Crippen molar-refractivity contribution < 1.29 is 18.9 Å². The summed E-state index contributed by atoms with van der Waals surface area (Å²) in [4.78, 5) is 0. The lowest BCUT2D eigenvalue weighted by Crippen LogP contribution is -2.24. The van der Waals surface area contributed by atoms with Crippen molar-refractivity contribution in [3.8, 4) is 17.2 Å². The van der Waals surface area contributed by atoms with Gasteiger partial charge in [-0.25, -0.2) is 0 Å². The van der Waals surface area contributed by atoms with Crippen molar-refractivity contribution in [1.82, 2.24) is 0 Å². The van der Waals surface area contributed by atoms with Gasteiger partial charge in [0.1, 0.15) is 5.75 Å². The summed E-state index contributed by atoms with van der Waals surface area (Å²) in [6, 6.07) is 5.69. The largest absolute Gasteiger partial charge is 0.493 e. The van der Waals surface area contributed by atoms with Crippen LogP contribution in [0.5, 0.6) is 17.2 Å². The average molecular weight is 348 g/mol. The Morgan fingerprint density at radius 1 is 1.24 bits per heavy atom. The van der Waals surface area contributed by atoms with Gasteiger partial charge >= 0.3 is 0 Å². The summed E-state index contributed by atoms with van der Waals surface area (Å²) >= 11 is 0. The molecule has 1 aliphatic heterocycles. The summed E-state index contributed by atoms with van der Waals surface area (Å²) in [6.07, 6.45) is 8.89. The fourth-order valence-electron chi connectivity index (χ4n) is 2.95. The van der Waals surface area contributed by atoms with E-state index in [-0.39, 0.29) is 5.60 Å². The minimum atomic E-state index is -0.00333. The molecule has 4 heteroatoms. The first-order valence-electron chi connectivity index (χ1n) is 9.33. The maximum atomic E-state index is 5.76. The summed E-state index contributed by atoms with van der Waals surface area (Å²) < 4.78 is 22.1. The van der Waals surface area contributed by atoms with Crippen LogP contribution in [-0.2, 0) is 4.74 Å². The zero-order valence-corrected chi connectivity index (χ0v) is 16.0. The van der Waals surface area contributed by atoms with E-state index in [1.807, 2.05) is 18.2 Å². The van der Waals surface area contributed by atoms with Crippen LogP contribution in [-0.4, -0.2) is 25.6 Å². The highest BCUT2D eigenvalue weighted by molar-refractivity contribution is 5.46. The number of hydrogen-bond acceptors (Lipinski definition) is 4. The van der Waals surface area contributed by atoms with Crippen LogP contribution in [0.4, 0.5) is 0 Å². The number of fused-ring (bicyclic) bond motifs is 1. The van der Waals surface area contributed by atoms with Crippen LogP contribution < -0.4 is 14.2 Å². The molecule has 2 rings (SSSR count). The lowest BCUT2D eigenvalue weighted by Gasteiger charge is -2.24. The van der Waals surface area contributed by atoms with Crippen LogP contribution in [0.1, 0.15) is 53.4 Å². The number of benzene rings is 1. The molecule has 0 N–H and O–H groups in total. The molecule has 0 saturated carbocycles. The van der Waals surface area contributed by atoms with Gasteiger partial charge < -0.3 is 18.9 Å². The SMILES string of the molecule is CCOC(C)(C)CCC[C@H](C)/C=C/CCOc1ccc2c(c1)OCO2. The van der Waals surface area contributed by atoms with E-state index in [9.17, 15) is 0 Å². The van der Waals surface area contributed by atoms with Gasteiger partial charge in [0.05, 0.1) is 12.2 Å². The number of rotatable bonds is 11. The van der Waals surface area contributed by atoms with Gasteiger partial charge in [-0.2, -0.15) is 0 Å². The van der Waals surface area contributed by atoms with E-state index in [0.717, 1.165) is 36.7 Å². The van der Waals surface area contributed by atoms with Crippen LogP contribution in [0, 0.1) is 5.92 Å². The van der Waals surface area contributed by atoms with Crippen molar-refractivity contribution in [2.75, 3.05) is 20.0 Å². The van der Waals surface area contributed by atoms with E-state index in [2.05, 4.69) is 39.8 Å². The Kier molecular flexibility index (Phi) is 7.63. The van der Waals surface area contributed by atoms with Crippen molar-refractivity contribution in [3.63, 3.8) is 0 Å². The molecule has 1 aromatic rings. The standard InChI is InChI=1S/C21H32O4/c1-5-25-21(3,4)13-8-10-17(2)9-6-7-14-22-18-11-12-19-20(15-18)24-16-23-19/h6,9,11-12,15,17H,5,7-8,10,13-14,16H2,1-4H3/b9-6+/t17-/m1/s1. The monoisotopic (exact) mass is 348 g/mol. The molecule has 0 amide bonds. The van der Waals surface area contributed by atoms with E-state index in [4.69, 9.17) is 18.9 Å². The third-order valence-electron chi connectivity index (χ3n) is 4.34. The Labute approximate surface area is 152 Å². The van der Waals surface area contributed by atoms with Crippen molar-refractivity contribution in [2.24, 2.45) is 5.92 Å². The van der Waals surface area contributed by atoms with Gasteiger partial charge in [0, 0.05) is 12.7 Å². The molecule has 0 fully saturated rings. The Bertz CT molecular complexity index is 551. The third kappa shape index (κ3) is 6.99. The highest BCUT2D eigenvalue weighted by Gasteiger charge is 2.17. The highest BCUT2D eigenvalue weighted by atomic mass is 16.7. The zero-order valence-electron chi connectivity index (χ0n) is 16.0. The van der Waals surface area contributed by atoms with E-state index in [1.54, 1.807) is 0 Å². The molecular weight excluding hydrogens is 316 g/mol. The Balaban J connectivity index is 1.59. The summed E-state index contributed by atoms with van der Waals surface area (Å²) in [6.45, 7) is 10.4. The average Bonchev–Trinajstić information content (AvgIpc) is 3.02. The molecule has 0 radical (unpaired) electrons. The van der Waals surface area contributed by atoms with Gasteiger partial charge in [0.25, 0.3) is 0 Å². The lowest BCUT2D eigenvalue weighted by molar-refractivity contribution is -0.0180. The second-order valence-electron chi connectivity index (χ2n) is 7.14. The molecule has 0 unspecified atom stereocenters. The minimum Gasteiger partial charge on any atom is -0.493 e. The van der Waals surface area contributed by atoms with Crippen molar-refractivity contribution in [3.05, 3.63) is 30.4 Å². The Morgan fingerprint density at radius 2 is 2.04 bits per heavy atom. The number of allylic oxidation sites excluding steroid dienone is 1. The zero-order chi connectivity index (χ0) is 18.1. The quantitative estimate of drug-likeness (QED) is 0.398. The molecule has 25 heavy (non-hydrogen) atoms. The van der Waals surface area contributed by atoms with Crippen LogP contribution >= 0.6 is 0 Å². The van der Waals surface area contributed by atoms with Gasteiger partial charge in [-0.1, -0.05) is 25.5 Å². The second-order valence-corrected chi connectivity index (χ2v) is 7.14. The molecule has 0 bridgehead atoms. The predicted molar refractivity (Wildman–Crippen MR) is 101 cm³/mol. The van der Waals surface area contributed by atoms with E-state index < -0.39 is 0 Å². The molecule has 0 saturated heterocycles. The summed E-state index contributed by atoms with van der Waals surface area (Å²) in [5.74, 6) is 2.96. The fourth-order valence-corrected chi connectivity index (χ4v) is 2.95. The molecule has 0 spiro atoms. The van der Waals surface area contributed by atoms with Crippen LogP contribution in [0.25, 0.3) is 0 Å². The normalized spacial score (nSPS) is 14.9. The van der Waals surface area contributed by atoms with Gasteiger partial charge in [0.15, 0.2) is 11.5 Å². The van der Waals surface area contributed by atoms with Crippen molar-refractivity contribution in [2.45, 2.75) is 59.0 Å². The predicted octanol–water partition coefficient (Wildman–Crippen LogP) is 5.36. The summed E-state index contributed by atoms with van der Waals surface area (Å²) in [5.41, 5.74) is -0.00333. The van der Waals surface area contributed by atoms with Gasteiger partial charge in [-0.15, -0.1) is 0 Å². The Morgan fingerprint density at radius 3 is 2.84 bits per heavy atom. The molecule has 1 aliphatic rings. The Hall–Kier alpha value is -1.68. The van der Waals surface area contributed by atoms with Crippen molar-refractivity contribution in [1.29, 1.82) is 0 Å². The maximum Gasteiger partial charge on any atom is 0.231 e. The minimum absolute atomic E-state index is 0.00333. The molecule has 1 aromatic carbocycles. The van der Waals surface area contributed by atoms with Gasteiger partial charge in [-0.3, -0.25) is 0 Å². The lowest BCUT2D eigenvalue weighted by atomic mass is 9.96. The first-order valence-corrected chi connectivity index (χ1v) is 9.33. The molecule has 0 aromatic heterocycles. The van der Waals surface area contributed by atoms with Crippen molar-refractivity contribution >= 4 is 0 Å². The topological polar surface area (TPSA) is 36.9 Å². The van der Waals surface area contributed by atoms with Crippen LogP contribution in [0.2, 0.25) is 0 Å². The van der Waals surface area contributed by atoms with E-state index in [1.165, 1.54) is 12.8 Å². The second kappa shape index (κ2) is 9.71. The fraction of sp³-hybridized carbons (Fsp3) is 0.619. The third-order valence-corrected chi connectivity index (χ3v) is 4.34. The first kappa shape index (κ1) is 19.6. The summed E-state index contributed by atoms with van der Waals surface area (Å²) in [5, 5.41) is 0. The van der Waals surface area contributed by atoms with Gasteiger partial charge in [0.2, 0.25) is 6.79 Å². The molecule has 1 atom stereocenters. The number of ether oxygens (including phenoxy) is 4.